The molecular weight excluding hydrogens is 422 g/mol. The fourth-order valence-corrected chi connectivity index (χ4v) is 4.80. The number of nitrogens with one attached hydrogen (secondary N) is 1. The third-order valence-electron chi connectivity index (χ3n) is 6.87. The summed E-state index contributed by atoms with van der Waals surface area (Å²) in [5.74, 6) is 1.78. The van der Waals surface area contributed by atoms with Gasteiger partial charge in [-0.1, -0.05) is 30.3 Å². The highest BCUT2D eigenvalue weighted by Gasteiger charge is 2.23. The zero-order valence-corrected chi connectivity index (χ0v) is 20.2. The number of pyridine rings is 1. The minimum Gasteiger partial charge on any atom is -0.370 e. The van der Waals surface area contributed by atoms with Gasteiger partial charge in [-0.25, -0.2) is 9.97 Å². The normalized spacial score (nSPS) is 17.4. The molecule has 0 bridgehead atoms. The number of aromatic nitrogens is 3. The first-order valence-corrected chi connectivity index (χ1v) is 12.5. The van der Waals surface area contributed by atoms with Crippen molar-refractivity contribution >= 4 is 5.82 Å². The summed E-state index contributed by atoms with van der Waals surface area (Å²) in [4.78, 5) is 21.6. The van der Waals surface area contributed by atoms with E-state index < -0.39 is 0 Å². The Kier molecular flexibility index (Phi) is 7.43. The van der Waals surface area contributed by atoms with Gasteiger partial charge in [0, 0.05) is 82.3 Å². The molecule has 3 aromatic rings. The molecule has 2 aliphatic rings. The second-order valence-corrected chi connectivity index (χ2v) is 9.43. The standard InChI is InChI=1S/C27H35N7/c1-32-16-18-33(19-17-32)14-5-11-29-27-24-21-34(20-22-6-3-2-4-7-22)15-10-25(24)30-26(31-27)23-8-12-28-13-9-23/h2-4,6-9,12-13H,5,10-11,14-21H2,1H3,(H,29,30,31). The van der Waals surface area contributed by atoms with Crippen LogP contribution in [0.3, 0.4) is 0 Å². The molecule has 178 valence electrons. The van der Waals surface area contributed by atoms with E-state index in [1.807, 2.05) is 24.5 Å². The number of fused-ring (bicyclic) bond motifs is 1. The van der Waals surface area contributed by atoms with E-state index in [0.29, 0.717) is 0 Å². The minimum atomic E-state index is 0.791. The van der Waals surface area contributed by atoms with Gasteiger partial charge in [-0.15, -0.1) is 0 Å². The molecule has 0 amide bonds. The Hall–Kier alpha value is -2.87. The molecule has 0 radical (unpaired) electrons. The maximum absolute atomic E-state index is 5.00. The summed E-state index contributed by atoms with van der Waals surface area (Å²) in [6, 6.07) is 14.7. The molecule has 7 nitrogen and oxygen atoms in total. The number of benzene rings is 1. The molecule has 1 saturated heterocycles. The lowest BCUT2D eigenvalue weighted by Gasteiger charge is -2.32. The third-order valence-corrected chi connectivity index (χ3v) is 6.87. The van der Waals surface area contributed by atoms with Crippen LogP contribution in [0, 0.1) is 0 Å². The lowest BCUT2D eigenvalue weighted by Crippen LogP contribution is -2.44. The maximum Gasteiger partial charge on any atom is 0.161 e. The van der Waals surface area contributed by atoms with Crippen LogP contribution in [-0.4, -0.2) is 82.5 Å². The summed E-state index contributed by atoms with van der Waals surface area (Å²) in [6.45, 7) is 9.56. The summed E-state index contributed by atoms with van der Waals surface area (Å²) in [6.07, 6.45) is 5.67. The Morgan fingerprint density at radius 3 is 2.47 bits per heavy atom. The Balaban J connectivity index is 1.30. The number of rotatable bonds is 8. The number of anilines is 1. The van der Waals surface area contributed by atoms with E-state index in [1.165, 1.54) is 43.0 Å². The van der Waals surface area contributed by atoms with Crippen LogP contribution in [0.4, 0.5) is 5.82 Å². The van der Waals surface area contributed by atoms with Crippen molar-refractivity contribution in [2.75, 3.05) is 58.2 Å². The number of nitrogens with zero attached hydrogens (tertiary/aromatic N) is 6. The number of piperazine rings is 1. The van der Waals surface area contributed by atoms with Gasteiger partial charge in [0.2, 0.25) is 0 Å². The van der Waals surface area contributed by atoms with Gasteiger partial charge in [-0.3, -0.25) is 9.88 Å². The van der Waals surface area contributed by atoms with Crippen LogP contribution < -0.4 is 5.32 Å². The Morgan fingerprint density at radius 1 is 0.882 bits per heavy atom. The summed E-state index contributed by atoms with van der Waals surface area (Å²) in [7, 11) is 2.21. The Labute approximate surface area is 202 Å². The number of hydrogen-bond donors (Lipinski definition) is 1. The molecule has 0 atom stereocenters. The predicted molar refractivity (Wildman–Crippen MR) is 137 cm³/mol. The fraction of sp³-hybridized carbons (Fsp3) is 0.444. The van der Waals surface area contributed by atoms with E-state index in [2.05, 4.69) is 62.4 Å². The average molecular weight is 458 g/mol. The van der Waals surface area contributed by atoms with Crippen molar-refractivity contribution in [2.45, 2.75) is 25.9 Å². The lowest BCUT2D eigenvalue weighted by atomic mass is 10.0. The SMILES string of the molecule is CN1CCN(CCCNc2nc(-c3ccncc3)nc3c2CN(Cc2ccccc2)CC3)CC1. The quantitative estimate of drug-likeness (QED) is 0.522. The van der Waals surface area contributed by atoms with Gasteiger partial charge in [0.25, 0.3) is 0 Å². The second kappa shape index (κ2) is 11.0. The summed E-state index contributed by atoms with van der Waals surface area (Å²) >= 11 is 0. The van der Waals surface area contributed by atoms with Crippen molar-refractivity contribution in [3.8, 4) is 11.4 Å². The monoisotopic (exact) mass is 457 g/mol. The van der Waals surface area contributed by atoms with Gasteiger partial charge in [0.05, 0.1) is 5.69 Å². The number of hydrogen-bond acceptors (Lipinski definition) is 7. The molecule has 1 N–H and O–H groups in total. The zero-order valence-electron chi connectivity index (χ0n) is 20.2. The molecule has 1 aromatic carbocycles. The van der Waals surface area contributed by atoms with Crippen molar-refractivity contribution in [1.29, 1.82) is 0 Å². The first-order valence-electron chi connectivity index (χ1n) is 12.5. The van der Waals surface area contributed by atoms with Crippen LogP contribution >= 0.6 is 0 Å². The van der Waals surface area contributed by atoms with E-state index in [1.54, 1.807) is 0 Å². The minimum absolute atomic E-state index is 0.791. The highest BCUT2D eigenvalue weighted by Crippen LogP contribution is 2.28. The van der Waals surface area contributed by atoms with E-state index >= 15 is 0 Å². The highest BCUT2D eigenvalue weighted by molar-refractivity contribution is 5.59. The van der Waals surface area contributed by atoms with Crippen LogP contribution in [0.5, 0.6) is 0 Å². The van der Waals surface area contributed by atoms with E-state index in [4.69, 9.17) is 9.97 Å². The molecule has 34 heavy (non-hydrogen) atoms. The largest absolute Gasteiger partial charge is 0.370 e. The van der Waals surface area contributed by atoms with Crippen molar-refractivity contribution in [1.82, 2.24) is 29.7 Å². The summed E-state index contributed by atoms with van der Waals surface area (Å²) < 4.78 is 0. The molecule has 0 spiro atoms. The zero-order chi connectivity index (χ0) is 23.2. The van der Waals surface area contributed by atoms with Crippen LogP contribution in [0.1, 0.15) is 23.2 Å². The van der Waals surface area contributed by atoms with E-state index in [-0.39, 0.29) is 0 Å². The molecular formula is C27H35N7. The first-order chi connectivity index (χ1) is 16.7. The summed E-state index contributed by atoms with van der Waals surface area (Å²) in [5.41, 5.74) is 4.79. The molecule has 4 heterocycles. The number of likely N-dealkylation sites (N-methyl/N-ethyl adjacent to an activating group) is 1. The maximum atomic E-state index is 5.00. The van der Waals surface area contributed by atoms with Crippen molar-refractivity contribution < 1.29 is 0 Å². The Bertz CT molecular complexity index is 1050. The molecule has 0 aliphatic carbocycles. The topological polar surface area (TPSA) is 60.4 Å². The molecule has 2 aliphatic heterocycles. The van der Waals surface area contributed by atoms with E-state index in [0.717, 1.165) is 62.8 Å². The first kappa shape index (κ1) is 22.9. The van der Waals surface area contributed by atoms with Gasteiger partial charge in [-0.2, -0.15) is 0 Å². The molecule has 1 fully saturated rings. The van der Waals surface area contributed by atoms with Gasteiger partial charge in [0.1, 0.15) is 5.82 Å². The summed E-state index contributed by atoms with van der Waals surface area (Å²) in [5, 5.41) is 3.69. The van der Waals surface area contributed by atoms with Crippen LogP contribution in [0.2, 0.25) is 0 Å². The van der Waals surface area contributed by atoms with Gasteiger partial charge in [-0.05, 0) is 37.7 Å². The second-order valence-electron chi connectivity index (χ2n) is 9.43. The van der Waals surface area contributed by atoms with Gasteiger partial charge >= 0.3 is 0 Å². The fourth-order valence-electron chi connectivity index (χ4n) is 4.80. The van der Waals surface area contributed by atoms with Crippen molar-refractivity contribution in [3.05, 3.63) is 71.7 Å². The predicted octanol–water partition coefficient (Wildman–Crippen LogP) is 3.15. The smallest absolute Gasteiger partial charge is 0.161 e. The molecule has 0 saturated carbocycles. The van der Waals surface area contributed by atoms with Gasteiger partial charge in [0.15, 0.2) is 5.82 Å². The Morgan fingerprint density at radius 2 is 1.68 bits per heavy atom. The average Bonchev–Trinajstić information content (AvgIpc) is 2.89. The van der Waals surface area contributed by atoms with Crippen molar-refractivity contribution in [3.63, 3.8) is 0 Å². The van der Waals surface area contributed by atoms with Gasteiger partial charge < -0.3 is 15.1 Å². The molecule has 2 aromatic heterocycles. The molecule has 7 heteroatoms. The lowest BCUT2D eigenvalue weighted by molar-refractivity contribution is 0.154. The van der Waals surface area contributed by atoms with Crippen LogP contribution in [0.25, 0.3) is 11.4 Å². The molecule has 0 unspecified atom stereocenters. The third kappa shape index (κ3) is 5.78. The molecule has 5 rings (SSSR count). The van der Waals surface area contributed by atoms with E-state index in [9.17, 15) is 0 Å². The van der Waals surface area contributed by atoms with Crippen LogP contribution in [0.15, 0.2) is 54.9 Å². The highest BCUT2D eigenvalue weighted by atomic mass is 15.2. The van der Waals surface area contributed by atoms with Crippen molar-refractivity contribution in [2.24, 2.45) is 0 Å². The van der Waals surface area contributed by atoms with Crippen LogP contribution in [-0.2, 0) is 19.5 Å².